The van der Waals surface area contributed by atoms with Crippen molar-refractivity contribution in [3.63, 3.8) is 0 Å². The quantitative estimate of drug-likeness (QED) is 0.882. The number of fused-ring (bicyclic) bond motifs is 1. The van der Waals surface area contributed by atoms with Crippen LogP contribution in [-0.4, -0.2) is 32.0 Å². The number of carbonyl (C=O) groups excluding carboxylic acids is 2. The lowest BCUT2D eigenvalue weighted by atomic mass is 10.1. The predicted molar refractivity (Wildman–Crippen MR) is 100.0 cm³/mol. The van der Waals surface area contributed by atoms with Crippen molar-refractivity contribution in [2.75, 3.05) is 30.4 Å². The third-order valence-corrected chi connectivity index (χ3v) is 4.49. The van der Waals surface area contributed by atoms with Crippen LogP contribution in [0.3, 0.4) is 0 Å². The summed E-state index contributed by atoms with van der Waals surface area (Å²) in [6, 6.07) is 15.1. The molecular formula is C20H23N3O2. The molecule has 0 radical (unpaired) electrons. The Bertz CT molecular complexity index is 771. The summed E-state index contributed by atoms with van der Waals surface area (Å²) in [5.74, 6) is -0.166. The summed E-state index contributed by atoms with van der Waals surface area (Å²) < 4.78 is 0. The number of anilines is 2. The molecule has 0 saturated carbocycles. The summed E-state index contributed by atoms with van der Waals surface area (Å²) in [7, 11) is 1.82. The molecule has 1 unspecified atom stereocenters. The fraction of sp³-hybridized carbons (Fsp3) is 0.300. The monoisotopic (exact) mass is 337 g/mol. The normalized spacial score (nSPS) is 14.1. The lowest BCUT2D eigenvalue weighted by Gasteiger charge is -2.17. The largest absolute Gasteiger partial charge is 0.326 e. The standard InChI is InChI=1S/C20H23N3O2/c1-14(13-21-2)19(24)22-17-9-7-16(8-10-17)20(25)23-12-11-15-5-3-4-6-18(15)23/h3-10,14,21H,11-13H2,1-2H3,(H,22,24). The van der Waals surface area contributed by atoms with Crippen LogP contribution in [-0.2, 0) is 11.2 Å². The summed E-state index contributed by atoms with van der Waals surface area (Å²) in [5, 5.41) is 5.86. The Balaban J connectivity index is 1.69. The number of amides is 2. The number of para-hydroxylation sites is 1. The summed E-state index contributed by atoms with van der Waals surface area (Å²) >= 11 is 0. The van der Waals surface area contributed by atoms with E-state index in [1.54, 1.807) is 24.3 Å². The van der Waals surface area contributed by atoms with Crippen molar-refractivity contribution in [1.82, 2.24) is 5.32 Å². The molecule has 2 N–H and O–H groups in total. The van der Waals surface area contributed by atoms with Gasteiger partial charge in [-0.15, -0.1) is 0 Å². The highest BCUT2D eigenvalue weighted by atomic mass is 16.2. The topological polar surface area (TPSA) is 61.4 Å². The first kappa shape index (κ1) is 17.2. The van der Waals surface area contributed by atoms with E-state index >= 15 is 0 Å². The zero-order valence-electron chi connectivity index (χ0n) is 14.6. The Kier molecular flexibility index (Phi) is 5.14. The number of rotatable bonds is 5. The molecule has 2 aromatic rings. The Hall–Kier alpha value is -2.66. The van der Waals surface area contributed by atoms with Gasteiger partial charge >= 0.3 is 0 Å². The van der Waals surface area contributed by atoms with Crippen molar-refractivity contribution in [3.05, 3.63) is 59.7 Å². The molecule has 25 heavy (non-hydrogen) atoms. The van der Waals surface area contributed by atoms with E-state index in [4.69, 9.17) is 0 Å². The maximum Gasteiger partial charge on any atom is 0.258 e. The third-order valence-electron chi connectivity index (χ3n) is 4.49. The predicted octanol–water partition coefficient (Wildman–Crippen LogP) is 2.68. The SMILES string of the molecule is CNCC(C)C(=O)Nc1ccc(C(=O)N2CCc3ccccc32)cc1. The van der Waals surface area contributed by atoms with Gasteiger partial charge in [0.2, 0.25) is 5.91 Å². The average Bonchev–Trinajstić information content (AvgIpc) is 3.06. The Morgan fingerprint density at radius 1 is 1.12 bits per heavy atom. The van der Waals surface area contributed by atoms with E-state index in [1.165, 1.54) is 5.56 Å². The van der Waals surface area contributed by atoms with Crippen molar-refractivity contribution in [2.45, 2.75) is 13.3 Å². The van der Waals surface area contributed by atoms with Crippen LogP contribution in [0.2, 0.25) is 0 Å². The number of hydrogen-bond acceptors (Lipinski definition) is 3. The smallest absolute Gasteiger partial charge is 0.258 e. The van der Waals surface area contributed by atoms with Gasteiger partial charge in [0.1, 0.15) is 0 Å². The summed E-state index contributed by atoms with van der Waals surface area (Å²) in [6.07, 6.45) is 0.888. The summed E-state index contributed by atoms with van der Waals surface area (Å²) in [6.45, 7) is 3.20. The first-order chi connectivity index (χ1) is 12.1. The van der Waals surface area contributed by atoms with E-state index < -0.39 is 0 Å². The fourth-order valence-corrected chi connectivity index (χ4v) is 3.07. The minimum absolute atomic E-state index is 0.00798. The van der Waals surface area contributed by atoms with Crippen LogP contribution in [0.5, 0.6) is 0 Å². The van der Waals surface area contributed by atoms with Gasteiger partial charge in [-0.1, -0.05) is 25.1 Å². The highest BCUT2D eigenvalue weighted by Gasteiger charge is 2.25. The molecule has 130 valence electrons. The Morgan fingerprint density at radius 2 is 1.84 bits per heavy atom. The first-order valence-corrected chi connectivity index (χ1v) is 8.55. The zero-order chi connectivity index (χ0) is 17.8. The fourth-order valence-electron chi connectivity index (χ4n) is 3.07. The van der Waals surface area contributed by atoms with Gasteiger partial charge < -0.3 is 15.5 Å². The second-order valence-electron chi connectivity index (χ2n) is 6.36. The van der Waals surface area contributed by atoms with Crippen LogP contribution in [0.1, 0.15) is 22.8 Å². The van der Waals surface area contributed by atoms with Crippen LogP contribution >= 0.6 is 0 Å². The molecule has 0 saturated heterocycles. The van der Waals surface area contributed by atoms with Crippen molar-refractivity contribution in [3.8, 4) is 0 Å². The van der Waals surface area contributed by atoms with Crippen molar-refractivity contribution in [1.29, 1.82) is 0 Å². The van der Waals surface area contributed by atoms with E-state index in [1.807, 2.05) is 37.1 Å². The first-order valence-electron chi connectivity index (χ1n) is 8.55. The highest BCUT2D eigenvalue weighted by molar-refractivity contribution is 6.07. The van der Waals surface area contributed by atoms with E-state index in [9.17, 15) is 9.59 Å². The highest BCUT2D eigenvalue weighted by Crippen LogP contribution is 2.29. The van der Waals surface area contributed by atoms with E-state index in [2.05, 4.69) is 16.7 Å². The van der Waals surface area contributed by atoms with Crippen LogP contribution in [0.25, 0.3) is 0 Å². The lowest BCUT2D eigenvalue weighted by molar-refractivity contribution is -0.119. The van der Waals surface area contributed by atoms with Crippen molar-refractivity contribution in [2.24, 2.45) is 5.92 Å². The molecule has 1 heterocycles. The molecule has 0 fully saturated rings. The zero-order valence-corrected chi connectivity index (χ0v) is 14.6. The van der Waals surface area contributed by atoms with Gasteiger partial charge in [0.15, 0.2) is 0 Å². The molecule has 0 bridgehead atoms. The van der Waals surface area contributed by atoms with Crippen LogP contribution in [0.4, 0.5) is 11.4 Å². The van der Waals surface area contributed by atoms with Crippen molar-refractivity contribution >= 4 is 23.2 Å². The molecule has 5 nitrogen and oxygen atoms in total. The van der Waals surface area contributed by atoms with Gasteiger partial charge in [-0.3, -0.25) is 9.59 Å². The molecule has 2 aromatic carbocycles. The number of carbonyl (C=O) groups is 2. The second kappa shape index (κ2) is 7.49. The molecule has 1 aliphatic rings. The molecule has 3 rings (SSSR count). The lowest BCUT2D eigenvalue weighted by Crippen LogP contribution is -2.29. The number of nitrogens with one attached hydrogen (secondary N) is 2. The van der Waals surface area contributed by atoms with Gasteiger partial charge in [-0.05, 0) is 49.4 Å². The average molecular weight is 337 g/mol. The van der Waals surface area contributed by atoms with E-state index in [-0.39, 0.29) is 17.7 Å². The summed E-state index contributed by atoms with van der Waals surface area (Å²) in [4.78, 5) is 26.6. The molecule has 0 aromatic heterocycles. The van der Waals surface area contributed by atoms with Crippen molar-refractivity contribution < 1.29 is 9.59 Å². The summed E-state index contributed by atoms with van der Waals surface area (Å²) in [5.41, 5.74) is 3.52. The van der Waals surface area contributed by atoms with Crippen LogP contribution in [0, 0.1) is 5.92 Å². The van der Waals surface area contributed by atoms with Gasteiger partial charge in [0.05, 0.1) is 0 Å². The number of hydrogen-bond donors (Lipinski definition) is 2. The van der Waals surface area contributed by atoms with Crippen LogP contribution in [0.15, 0.2) is 48.5 Å². The molecule has 0 aliphatic carbocycles. The molecule has 1 atom stereocenters. The minimum atomic E-state index is -0.118. The Labute approximate surface area is 148 Å². The van der Waals surface area contributed by atoms with E-state index in [0.29, 0.717) is 24.3 Å². The number of nitrogens with zero attached hydrogens (tertiary/aromatic N) is 1. The third kappa shape index (κ3) is 3.72. The van der Waals surface area contributed by atoms with Gasteiger partial charge in [-0.2, -0.15) is 0 Å². The maximum absolute atomic E-state index is 12.8. The molecule has 0 spiro atoms. The van der Waals surface area contributed by atoms with E-state index in [0.717, 1.165) is 12.1 Å². The molecule has 1 aliphatic heterocycles. The van der Waals surface area contributed by atoms with Gasteiger partial charge in [-0.25, -0.2) is 0 Å². The minimum Gasteiger partial charge on any atom is -0.326 e. The maximum atomic E-state index is 12.8. The second-order valence-corrected chi connectivity index (χ2v) is 6.36. The molecule has 2 amide bonds. The van der Waals surface area contributed by atoms with Crippen LogP contribution < -0.4 is 15.5 Å². The Morgan fingerprint density at radius 3 is 2.56 bits per heavy atom. The molecular weight excluding hydrogens is 314 g/mol. The number of benzene rings is 2. The van der Waals surface area contributed by atoms with Gasteiger partial charge in [0.25, 0.3) is 5.91 Å². The molecule has 5 heteroatoms. The van der Waals surface area contributed by atoms with Gasteiger partial charge in [0, 0.05) is 35.9 Å².